The van der Waals surface area contributed by atoms with Gasteiger partial charge in [0.2, 0.25) is 11.7 Å². The van der Waals surface area contributed by atoms with Crippen LogP contribution in [-0.2, 0) is 4.79 Å². The number of nitrogens with zero attached hydrogens (tertiary/aromatic N) is 1. The van der Waals surface area contributed by atoms with Crippen molar-refractivity contribution in [2.45, 2.75) is 16.6 Å². The van der Waals surface area contributed by atoms with Crippen molar-refractivity contribution in [3.05, 3.63) is 46.7 Å². The summed E-state index contributed by atoms with van der Waals surface area (Å²) in [6.45, 7) is 1.41. The number of hydrogen-bond donors (Lipinski definition) is 1. The summed E-state index contributed by atoms with van der Waals surface area (Å²) in [6.07, 6.45) is 0. The minimum atomic E-state index is -0.656. The van der Waals surface area contributed by atoms with Crippen LogP contribution in [0.15, 0.2) is 46.1 Å². The fourth-order valence-corrected chi connectivity index (χ4v) is 4.91. The van der Waals surface area contributed by atoms with Gasteiger partial charge in [-0.25, -0.2) is 4.98 Å². The molecule has 7 heteroatoms. The van der Waals surface area contributed by atoms with E-state index in [0.29, 0.717) is 4.88 Å². The van der Waals surface area contributed by atoms with Gasteiger partial charge < -0.3 is 5.32 Å². The molecule has 22 heavy (non-hydrogen) atoms. The third-order valence-corrected chi connectivity index (χ3v) is 5.94. The number of fused-ring (bicyclic) bond motifs is 1. The van der Waals surface area contributed by atoms with Gasteiger partial charge in [0.15, 0.2) is 4.34 Å². The van der Waals surface area contributed by atoms with E-state index in [9.17, 15) is 9.59 Å². The molecule has 4 nitrogen and oxygen atoms in total. The molecule has 0 aliphatic rings. The summed E-state index contributed by atoms with van der Waals surface area (Å²) in [7, 11) is 0. The quantitative estimate of drug-likeness (QED) is 0.433. The number of thioether (sulfide) groups is 1. The maximum atomic E-state index is 12.5. The number of hydrogen-bond acceptors (Lipinski definition) is 6. The third-order valence-electron chi connectivity index (χ3n) is 2.83. The number of ketones is 1. The number of thiophene rings is 1. The molecular formula is C15H12N2O2S3. The van der Waals surface area contributed by atoms with E-state index in [1.54, 1.807) is 6.07 Å². The lowest BCUT2D eigenvalue weighted by Gasteiger charge is -2.13. The number of Topliss-reactive ketones (excluding diaryl/α,β-unsaturated/α-hetero) is 1. The molecular weight excluding hydrogens is 336 g/mol. The molecule has 1 amide bonds. The predicted molar refractivity (Wildman–Crippen MR) is 91.7 cm³/mol. The number of para-hydroxylation sites is 1. The zero-order valence-electron chi connectivity index (χ0n) is 11.6. The molecule has 112 valence electrons. The number of amides is 1. The monoisotopic (exact) mass is 348 g/mol. The summed E-state index contributed by atoms with van der Waals surface area (Å²) in [5.41, 5.74) is 0.903. The Morgan fingerprint density at radius 3 is 2.73 bits per heavy atom. The van der Waals surface area contributed by atoms with Crippen molar-refractivity contribution in [3.63, 3.8) is 0 Å². The first-order valence-corrected chi connectivity index (χ1v) is 9.08. The molecule has 0 spiro atoms. The first-order chi connectivity index (χ1) is 10.6. The molecule has 0 bridgehead atoms. The Bertz CT molecular complexity index is 778. The van der Waals surface area contributed by atoms with Crippen molar-refractivity contribution in [2.24, 2.45) is 0 Å². The summed E-state index contributed by atoms with van der Waals surface area (Å²) in [4.78, 5) is 29.0. The van der Waals surface area contributed by atoms with E-state index in [1.807, 2.05) is 35.7 Å². The second-order valence-electron chi connectivity index (χ2n) is 4.49. The lowest BCUT2D eigenvalue weighted by molar-refractivity contribution is -0.118. The average molecular weight is 348 g/mol. The molecule has 0 fully saturated rings. The van der Waals surface area contributed by atoms with E-state index in [0.717, 1.165) is 14.6 Å². The number of carbonyl (C=O) groups excluding carboxylic acids is 2. The average Bonchev–Trinajstić information content (AvgIpc) is 3.14. The Hall–Kier alpha value is -1.70. The number of rotatable bonds is 5. The Morgan fingerprint density at radius 2 is 2.05 bits per heavy atom. The molecule has 0 unspecified atom stereocenters. The second-order valence-corrected chi connectivity index (χ2v) is 7.82. The molecule has 2 heterocycles. The minimum absolute atomic E-state index is 0.102. The van der Waals surface area contributed by atoms with Crippen molar-refractivity contribution < 1.29 is 9.59 Å². The van der Waals surface area contributed by atoms with Crippen LogP contribution in [0.1, 0.15) is 16.6 Å². The molecule has 3 aromatic rings. The minimum Gasteiger partial charge on any atom is -0.337 e. The maximum absolute atomic E-state index is 12.5. The van der Waals surface area contributed by atoms with Crippen molar-refractivity contribution in [1.29, 1.82) is 0 Å². The normalized spacial score (nSPS) is 12.2. The Morgan fingerprint density at radius 1 is 1.23 bits per heavy atom. The van der Waals surface area contributed by atoms with Crippen LogP contribution >= 0.6 is 34.4 Å². The van der Waals surface area contributed by atoms with Crippen LogP contribution in [0.3, 0.4) is 0 Å². The van der Waals surface area contributed by atoms with Gasteiger partial charge in [0.05, 0.1) is 15.1 Å². The zero-order chi connectivity index (χ0) is 15.5. The van der Waals surface area contributed by atoms with Crippen LogP contribution in [0.25, 0.3) is 10.2 Å². The maximum Gasteiger partial charge on any atom is 0.218 e. The SMILES string of the molecule is CC(=O)N[C@H](Sc1nc2ccccc2s1)C(=O)c1cccs1. The van der Waals surface area contributed by atoms with Crippen LogP contribution in [0.5, 0.6) is 0 Å². The van der Waals surface area contributed by atoms with Crippen molar-refractivity contribution in [2.75, 3.05) is 0 Å². The zero-order valence-corrected chi connectivity index (χ0v) is 14.1. The Kier molecular flexibility index (Phi) is 4.56. The van der Waals surface area contributed by atoms with Gasteiger partial charge in [-0.05, 0) is 23.6 Å². The van der Waals surface area contributed by atoms with E-state index in [1.165, 1.54) is 41.4 Å². The number of benzene rings is 1. The lowest BCUT2D eigenvalue weighted by Crippen LogP contribution is -2.36. The summed E-state index contributed by atoms with van der Waals surface area (Å²) in [5, 5.41) is 3.90. The number of aromatic nitrogens is 1. The van der Waals surface area contributed by atoms with Crippen molar-refractivity contribution in [3.8, 4) is 0 Å². The molecule has 0 saturated carbocycles. The summed E-state index contributed by atoms with van der Waals surface area (Å²) >= 11 is 4.17. The highest BCUT2D eigenvalue weighted by Gasteiger charge is 2.24. The first kappa shape index (κ1) is 15.2. The van der Waals surface area contributed by atoms with Crippen LogP contribution in [0, 0.1) is 0 Å². The molecule has 1 aromatic carbocycles. The summed E-state index contributed by atoms with van der Waals surface area (Å²) in [6, 6.07) is 11.4. The first-order valence-electron chi connectivity index (χ1n) is 6.50. The molecule has 2 aromatic heterocycles. The topological polar surface area (TPSA) is 59.1 Å². The smallest absolute Gasteiger partial charge is 0.218 e. The van der Waals surface area contributed by atoms with E-state index in [-0.39, 0.29) is 11.7 Å². The molecule has 1 atom stereocenters. The molecule has 0 aliphatic carbocycles. The van der Waals surface area contributed by atoms with Gasteiger partial charge in [-0.2, -0.15) is 0 Å². The van der Waals surface area contributed by atoms with Gasteiger partial charge in [0, 0.05) is 6.92 Å². The number of thiazole rings is 1. The van der Waals surface area contributed by atoms with Gasteiger partial charge in [-0.15, -0.1) is 22.7 Å². The Balaban J connectivity index is 1.86. The fourth-order valence-electron chi connectivity index (χ4n) is 1.88. The highest BCUT2D eigenvalue weighted by Crippen LogP contribution is 2.32. The highest BCUT2D eigenvalue weighted by molar-refractivity contribution is 8.02. The molecule has 1 N–H and O–H groups in total. The van der Waals surface area contributed by atoms with E-state index in [2.05, 4.69) is 10.3 Å². The Labute approximate surface area is 139 Å². The summed E-state index contributed by atoms with van der Waals surface area (Å²) < 4.78 is 1.83. The molecule has 0 radical (unpaired) electrons. The standard InChI is InChI=1S/C15H12N2O2S3/c1-9(18)16-14(13(19)12-7-4-8-20-12)22-15-17-10-5-2-3-6-11(10)21-15/h2-8,14H,1H3,(H,16,18)/t14-/m1/s1. The summed E-state index contributed by atoms with van der Waals surface area (Å²) in [5.74, 6) is -0.335. The lowest BCUT2D eigenvalue weighted by atomic mass is 10.3. The molecule has 0 aliphatic heterocycles. The van der Waals surface area contributed by atoms with Gasteiger partial charge in [0.1, 0.15) is 5.37 Å². The number of nitrogens with one attached hydrogen (secondary N) is 1. The van der Waals surface area contributed by atoms with Crippen LogP contribution in [-0.4, -0.2) is 22.0 Å². The van der Waals surface area contributed by atoms with Gasteiger partial charge in [-0.3, -0.25) is 9.59 Å². The van der Waals surface area contributed by atoms with E-state index >= 15 is 0 Å². The number of carbonyl (C=O) groups is 2. The highest BCUT2D eigenvalue weighted by atomic mass is 32.2. The third kappa shape index (κ3) is 3.37. The fraction of sp³-hybridized carbons (Fsp3) is 0.133. The van der Waals surface area contributed by atoms with Crippen LogP contribution in [0.2, 0.25) is 0 Å². The van der Waals surface area contributed by atoms with Crippen molar-refractivity contribution >= 4 is 56.3 Å². The van der Waals surface area contributed by atoms with Gasteiger partial charge in [-0.1, -0.05) is 30.0 Å². The van der Waals surface area contributed by atoms with Crippen LogP contribution in [0.4, 0.5) is 0 Å². The van der Waals surface area contributed by atoms with Crippen LogP contribution < -0.4 is 5.32 Å². The predicted octanol–water partition coefficient (Wildman–Crippen LogP) is 3.80. The molecule has 0 saturated heterocycles. The second kappa shape index (κ2) is 6.60. The van der Waals surface area contributed by atoms with Gasteiger partial charge >= 0.3 is 0 Å². The van der Waals surface area contributed by atoms with Crippen molar-refractivity contribution in [1.82, 2.24) is 10.3 Å². The van der Waals surface area contributed by atoms with Gasteiger partial charge in [0.25, 0.3) is 0 Å². The largest absolute Gasteiger partial charge is 0.337 e. The molecule has 3 rings (SSSR count). The van der Waals surface area contributed by atoms with E-state index in [4.69, 9.17) is 0 Å². The van der Waals surface area contributed by atoms with E-state index < -0.39 is 5.37 Å².